The first-order valence-corrected chi connectivity index (χ1v) is 9.10. The smallest absolute Gasteiger partial charge is 0.230 e. The normalized spacial score (nSPS) is 12.3. The topological polar surface area (TPSA) is 103 Å². The lowest BCUT2D eigenvalue weighted by Gasteiger charge is -2.18. The number of carbonyl (C=O) groups excluding carboxylic acids is 2. The monoisotopic (exact) mass is 393 g/mol. The van der Waals surface area contributed by atoms with Gasteiger partial charge in [0.2, 0.25) is 11.8 Å². The Morgan fingerprint density at radius 2 is 1.72 bits per heavy atom. The maximum atomic E-state index is 12.3. The van der Waals surface area contributed by atoms with E-state index in [1.54, 1.807) is 30.3 Å². The second-order valence-corrected chi connectivity index (χ2v) is 6.53. The van der Waals surface area contributed by atoms with Gasteiger partial charge in [-0.1, -0.05) is 11.2 Å². The Bertz CT molecular complexity index is 1060. The Hall–Kier alpha value is -3.81. The van der Waals surface area contributed by atoms with Gasteiger partial charge in [0.15, 0.2) is 17.3 Å². The zero-order valence-electron chi connectivity index (χ0n) is 15.7. The first-order chi connectivity index (χ1) is 14.1. The fraction of sp³-hybridized carbons (Fsp3) is 0.190. The number of nitrogens with zero attached hydrogens (tertiary/aromatic N) is 1. The average molecular weight is 393 g/mol. The van der Waals surface area contributed by atoms with Crippen molar-refractivity contribution in [1.29, 1.82) is 0 Å². The molecule has 4 rings (SSSR count). The van der Waals surface area contributed by atoms with Crippen molar-refractivity contribution in [2.75, 3.05) is 23.8 Å². The summed E-state index contributed by atoms with van der Waals surface area (Å²) in [4.78, 5) is 23.5. The number of carbonyl (C=O) groups is 2. The van der Waals surface area contributed by atoms with Crippen molar-refractivity contribution in [2.45, 2.75) is 13.3 Å². The summed E-state index contributed by atoms with van der Waals surface area (Å²) in [7, 11) is 0. The van der Waals surface area contributed by atoms with Crippen LogP contribution in [0.1, 0.15) is 12.6 Å². The molecule has 2 N–H and O–H groups in total. The second-order valence-electron chi connectivity index (χ2n) is 6.53. The molecule has 0 radical (unpaired) electrons. The predicted molar refractivity (Wildman–Crippen MR) is 106 cm³/mol. The summed E-state index contributed by atoms with van der Waals surface area (Å²) in [6, 6.07) is 14.1. The van der Waals surface area contributed by atoms with Crippen LogP contribution in [0, 0.1) is 0 Å². The van der Waals surface area contributed by atoms with Gasteiger partial charge in [-0.2, -0.15) is 0 Å². The molecule has 1 aliphatic heterocycles. The van der Waals surface area contributed by atoms with E-state index in [0.29, 0.717) is 47.5 Å². The fourth-order valence-electron chi connectivity index (χ4n) is 2.98. The summed E-state index contributed by atoms with van der Waals surface area (Å²) in [5.41, 5.74) is 2.48. The van der Waals surface area contributed by atoms with Gasteiger partial charge in [0.05, 0.1) is 12.1 Å². The number of anilines is 2. The minimum absolute atomic E-state index is 0.0540. The Morgan fingerprint density at radius 1 is 0.966 bits per heavy atom. The molecule has 8 heteroatoms. The van der Waals surface area contributed by atoms with Crippen LogP contribution in [-0.4, -0.2) is 30.2 Å². The number of hydrogen-bond acceptors (Lipinski definition) is 6. The summed E-state index contributed by atoms with van der Waals surface area (Å²) < 4.78 is 16.5. The van der Waals surface area contributed by atoms with Crippen LogP contribution in [0.5, 0.6) is 11.5 Å². The van der Waals surface area contributed by atoms with Crippen molar-refractivity contribution < 1.29 is 23.6 Å². The summed E-state index contributed by atoms with van der Waals surface area (Å²) in [5.74, 6) is 1.47. The molecule has 29 heavy (non-hydrogen) atoms. The highest BCUT2D eigenvalue weighted by molar-refractivity contribution is 5.94. The molecule has 0 spiro atoms. The highest BCUT2D eigenvalue weighted by Crippen LogP contribution is 2.34. The lowest BCUT2D eigenvalue weighted by Crippen LogP contribution is -2.15. The molecule has 2 heterocycles. The van der Waals surface area contributed by atoms with Crippen LogP contribution in [0.15, 0.2) is 53.1 Å². The van der Waals surface area contributed by atoms with Crippen molar-refractivity contribution in [2.24, 2.45) is 0 Å². The quantitative estimate of drug-likeness (QED) is 0.690. The van der Waals surface area contributed by atoms with E-state index in [4.69, 9.17) is 14.0 Å². The number of aromatic nitrogens is 1. The third-order valence-electron chi connectivity index (χ3n) is 4.19. The molecule has 148 valence electrons. The van der Waals surface area contributed by atoms with E-state index in [2.05, 4.69) is 15.8 Å². The molecule has 1 aliphatic rings. The van der Waals surface area contributed by atoms with Crippen LogP contribution in [-0.2, 0) is 16.0 Å². The third-order valence-corrected chi connectivity index (χ3v) is 4.19. The number of hydrogen-bond donors (Lipinski definition) is 2. The molecular formula is C21H19N3O5. The van der Waals surface area contributed by atoms with E-state index in [1.165, 1.54) is 6.92 Å². The minimum atomic E-state index is -0.244. The van der Waals surface area contributed by atoms with Crippen LogP contribution in [0.4, 0.5) is 11.4 Å². The van der Waals surface area contributed by atoms with E-state index in [0.717, 1.165) is 5.56 Å². The number of ether oxygens (including phenoxy) is 2. The molecule has 0 saturated heterocycles. The largest absolute Gasteiger partial charge is 0.486 e. The number of rotatable bonds is 5. The highest BCUT2D eigenvalue weighted by atomic mass is 16.6. The SMILES string of the molecule is CC(=O)Nc1cccc(NC(=O)Cc2cc(-c3ccc4c(c3)OCCO4)on2)c1. The van der Waals surface area contributed by atoms with E-state index < -0.39 is 0 Å². The number of benzene rings is 2. The van der Waals surface area contributed by atoms with E-state index in [-0.39, 0.29) is 18.2 Å². The highest BCUT2D eigenvalue weighted by Gasteiger charge is 2.16. The van der Waals surface area contributed by atoms with Gasteiger partial charge in [-0.15, -0.1) is 0 Å². The van der Waals surface area contributed by atoms with E-state index in [9.17, 15) is 9.59 Å². The van der Waals surface area contributed by atoms with Crippen LogP contribution >= 0.6 is 0 Å². The molecule has 0 unspecified atom stereocenters. The molecule has 2 aromatic carbocycles. The third kappa shape index (κ3) is 4.55. The van der Waals surface area contributed by atoms with E-state index in [1.807, 2.05) is 18.2 Å². The molecule has 1 aromatic heterocycles. The Morgan fingerprint density at radius 3 is 2.52 bits per heavy atom. The molecule has 0 bridgehead atoms. The summed E-state index contributed by atoms with van der Waals surface area (Å²) in [6.45, 7) is 2.46. The Balaban J connectivity index is 1.41. The number of fused-ring (bicyclic) bond motifs is 1. The Kier molecular flexibility index (Phi) is 5.15. The van der Waals surface area contributed by atoms with Gasteiger partial charge in [0.1, 0.15) is 13.2 Å². The lowest BCUT2D eigenvalue weighted by molar-refractivity contribution is -0.116. The molecule has 0 atom stereocenters. The van der Waals surface area contributed by atoms with Crippen LogP contribution in [0.25, 0.3) is 11.3 Å². The van der Waals surface area contributed by atoms with Crippen molar-refractivity contribution in [3.05, 3.63) is 54.2 Å². The minimum Gasteiger partial charge on any atom is -0.486 e. The molecular weight excluding hydrogens is 374 g/mol. The first-order valence-electron chi connectivity index (χ1n) is 9.10. The molecule has 3 aromatic rings. The van der Waals surface area contributed by atoms with Gasteiger partial charge in [0, 0.05) is 29.9 Å². The predicted octanol–water partition coefficient (Wildman–Crippen LogP) is 3.25. The van der Waals surface area contributed by atoms with Crippen molar-refractivity contribution in [1.82, 2.24) is 5.16 Å². The number of amides is 2. The van der Waals surface area contributed by atoms with Gasteiger partial charge < -0.3 is 24.6 Å². The zero-order chi connectivity index (χ0) is 20.2. The van der Waals surface area contributed by atoms with Crippen molar-refractivity contribution >= 4 is 23.2 Å². The summed E-state index contributed by atoms with van der Waals surface area (Å²) >= 11 is 0. The lowest BCUT2D eigenvalue weighted by atomic mass is 10.1. The average Bonchev–Trinajstić information content (AvgIpc) is 3.15. The molecule has 0 saturated carbocycles. The van der Waals surface area contributed by atoms with Crippen molar-refractivity contribution in [3.8, 4) is 22.8 Å². The van der Waals surface area contributed by atoms with E-state index >= 15 is 0 Å². The van der Waals surface area contributed by atoms with Gasteiger partial charge in [-0.25, -0.2) is 0 Å². The number of nitrogens with one attached hydrogen (secondary N) is 2. The molecule has 0 aliphatic carbocycles. The Labute approximate surface area is 166 Å². The standard InChI is InChI=1S/C21H19N3O5/c1-13(25)22-15-3-2-4-16(10-15)23-21(26)12-17-11-19(29-24-17)14-5-6-18-20(9-14)28-8-7-27-18/h2-6,9-11H,7-8,12H2,1H3,(H,22,25)(H,23,26). The summed E-state index contributed by atoms with van der Waals surface area (Å²) in [5, 5.41) is 9.44. The van der Waals surface area contributed by atoms with Gasteiger partial charge >= 0.3 is 0 Å². The zero-order valence-corrected chi connectivity index (χ0v) is 15.7. The van der Waals surface area contributed by atoms with Gasteiger partial charge in [0.25, 0.3) is 0 Å². The van der Waals surface area contributed by atoms with Gasteiger partial charge in [-0.3, -0.25) is 9.59 Å². The molecule has 2 amide bonds. The van der Waals surface area contributed by atoms with Crippen molar-refractivity contribution in [3.63, 3.8) is 0 Å². The maximum Gasteiger partial charge on any atom is 0.230 e. The maximum absolute atomic E-state index is 12.3. The van der Waals surface area contributed by atoms with Gasteiger partial charge in [-0.05, 0) is 36.4 Å². The fourth-order valence-corrected chi connectivity index (χ4v) is 2.98. The van der Waals surface area contributed by atoms with Crippen LogP contribution in [0.3, 0.4) is 0 Å². The van der Waals surface area contributed by atoms with Crippen LogP contribution in [0.2, 0.25) is 0 Å². The van der Waals surface area contributed by atoms with Crippen LogP contribution < -0.4 is 20.1 Å². The molecule has 0 fully saturated rings. The first kappa shape index (κ1) is 18.5. The summed E-state index contributed by atoms with van der Waals surface area (Å²) in [6.07, 6.45) is 0.0540. The molecule has 8 nitrogen and oxygen atoms in total. The second kappa shape index (κ2) is 8.05.